The van der Waals surface area contributed by atoms with Crippen LogP contribution in [0, 0.1) is 32.1 Å². The first-order chi connectivity index (χ1) is 64.6. The van der Waals surface area contributed by atoms with Crippen molar-refractivity contribution in [2.75, 3.05) is 191 Å². The Labute approximate surface area is 797 Å². The summed E-state index contributed by atoms with van der Waals surface area (Å²) in [5.41, 5.74) is 22.5. The Balaban J connectivity index is 0.000000136. The van der Waals surface area contributed by atoms with Crippen LogP contribution >= 0.6 is 0 Å². The maximum atomic E-state index is 13.0. The zero-order chi connectivity index (χ0) is 97.1. The van der Waals surface area contributed by atoms with E-state index in [1.165, 1.54) is 0 Å². The lowest BCUT2D eigenvalue weighted by Crippen LogP contribution is -2.44. The largest absolute Gasteiger partial charge is 0.384 e. The van der Waals surface area contributed by atoms with Gasteiger partial charge in [-0.3, -0.25) is 9.97 Å². The molecule has 0 aromatic carbocycles. The third-order valence-corrected chi connectivity index (χ3v) is 28.4. The van der Waals surface area contributed by atoms with Crippen molar-refractivity contribution >= 4 is 131 Å². The number of anilines is 7. The number of nitrogen functional groups attached to an aromatic ring is 2. The van der Waals surface area contributed by atoms with Crippen LogP contribution < -0.4 is 36.0 Å². The fraction of sp³-hybridized carbons (Fsp3) is 0.462. The van der Waals surface area contributed by atoms with E-state index in [0.717, 1.165) is 131 Å². The summed E-state index contributed by atoms with van der Waals surface area (Å²) < 4.78 is 112. The second-order valence-corrected chi connectivity index (χ2v) is 48.3. The summed E-state index contributed by atoms with van der Waals surface area (Å²) in [6, 6.07) is 26.5. The van der Waals surface area contributed by atoms with Crippen LogP contribution in [0.4, 0.5) is 69.8 Å². The Hall–Kier alpha value is -11.7. The van der Waals surface area contributed by atoms with Crippen LogP contribution in [0.25, 0.3) is 69.1 Å². The van der Waals surface area contributed by atoms with E-state index in [2.05, 4.69) is 156 Å². The lowest BCUT2D eigenvalue weighted by Gasteiger charge is -2.34. The SMILES string of the molecule is CCS(C)(=O)=Nc1cc(N2CCOC[C@H]2C)nc(-c2ccnc3c2C=CC3)n1.C[C@@H]1COCCN1c1cc(N=S(C)(=O)C2CC2)nc(-c2ccnc3c2C=CC3)n1.Cc1cc(-c2nc(N=S(C)(C)=O)cc(N3CCOC[C@H]3C)n2)cc(C#N)n1.Cc1cc(-c2nc(N=S(C)(C)=O)cc(N3CCOC[C@H]3C)n2)cc(N)n1.Cc1cc(-c2nc(N=S(C)(C)=O)cc(N3CCOC[C@H]3C)n2)cc(N)n1. The van der Waals surface area contributed by atoms with Gasteiger partial charge in [0.05, 0.1) is 127 Å². The van der Waals surface area contributed by atoms with E-state index in [9.17, 15) is 26.3 Å². The minimum Gasteiger partial charge on any atom is -0.384 e. The molecule has 5 saturated heterocycles. The van der Waals surface area contributed by atoms with Crippen LogP contribution in [0.15, 0.2) is 125 Å². The number of fused-ring (bicyclic) bond motifs is 2. The van der Waals surface area contributed by atoms with Gasteiger partial charge >= 0.3 is 0 Å². The van der Waals surface area contributed by atoms with Crippen molar-refractivity contribution in [2.45, 2.75) is 123 Å². The van der Waals surface area contributed by atoms with Crippen LogP contribution in [0.1, 0.15) is 99.7 Å². The van der Waals surface area contributed by atoms with E-state index in [1.807, 2.05) is 70.2 Å². The molecule has 6 fully saturated rings. The fourth-order valence-corrected chi connectivity index (χ4v) is 19.8. The molecule has 15 heterocycles. The molecule has 0 radical (unpaired) electrons. The minimum absolute atomic E-state index is 0.149. The smallest absolute Gasteiger partial charge is 0.167 e. The maximum Gasteiger partial charge on any atom is 0.167 e. The summed E-state index contributed by atoms with van der Waals surface area (Å²) in [5.74, 6) is 9.76. The monoisotopic (exact) mass is 1950 g/mol. The van der Waals surface area contributed by atoms with Crippen molar-refractivity contribution in [3.63, 3.8) is 0 Å². The summed E-state index contributed by atoms with van der Waals surface area (Å²) in [6.45, 7) is 27.9. The van der Waals surface area contributed by atoms with Crippen LogP contribution in [-0.2, 0) is 85.2 Å². The van der Waals surface area contributed by atoms with Gasteiger partial charge in [-0.15, -0.1) is 0 Å². The molecule has 10 aromatic rings. The third kappa shape index (κ3) is 27.0. The predicted molar refractivity (Wildman–Crippen MR) is 540 cm³/mol. The Morgan fingerprint density at radius 3 is 1.00 bits per heavy atom. The number of ether oxygens (including phenoxy) is 5. The molecule has 5 aliphatic heterocycles. The highest BCUT2D eigenvalue weighted by Crippen LogP contribution is 2.39. The normalized spacial score (nSPS) is 19.5. The van der Waals surface area contributed by atoms with Gasteiger partial charge in [-0.25, -0.2) is 85.8 Å². The molecule has 4 N–H and O–H groups in total. The molecule has 38 nitrogen and oxygen atoms in total. The zero-order valence-electron chi connectivity index (χ0n) is 80.0. The topological polar surface area (TPSA) is 479 Å². The number of hydrogen-bond acceptors (Lipinski definition) is 38. The van der Waals surface area contributed by atoms with Crippen molar-refractivity contribution in [3.8, 4) is 63.0 Å². The van der Waals surface area contributed by atoms with E-state index in [-0.39, 0.29) is 35.5 Å². The van der Waals surface area contributed by atoms with Crippen molar-refractivity contribution in [2.24, 2.45) is 21.8 Å². The van der Waals surface area contributed by atoms with Crippen LogP contribution in [0.3, 0.4) is 0 Å². The predicted octanol–water partition coefficient (Wildman–Crippen LogP) is 12.6. The first kappa shape index (κ1) is 100. The number of rotatable bonds is 17. The van der Waals surface area contributed by atoms with Gasteiger partial charge in [0, 0.05) is 235 Å². The minimum atomic E-state index is -2.38. The Bertz CT molecular complexity index is 6710. The van der Waals surface area contributed by atoms with Crippen molar-refractivity contribution in [3.05, 3.63) is 149 Å². The summed E-state index contributed by atoms with van der Waals surface area (Å²) in [7, 11) is -11.7. The molecular weight excluding hydrogens is 1830 g/mol. The van der Waals surface area contributed by atoms with Crippen LogP contribution in [0.2, 0.25) is 0 Å². The highest BCUT2D eigenvalue weighted by atomic mass is 32.2. The van der Waals surface area contributed by atoms with Gasteiger partial charge < -0.3 is 59.7 Å². The number of morpholine rings is 5. The van der Waals surface area contributed by atoms with Gasteiger partial charge in [-0.1, -0.05) is 31.2 Å². The first-order valence-electron chi connectivity index (χ1n) is 44.9. The third-order valence-electron chi connectivity index (χ3n) is 22.6. The fourth-order valence-electron chi connectivity index (χ4n) is 15.9. The Kier molecular flexibility index (Phi) is 31.9. The lowest BCUT2D eigenvalue weighted by molar-refractivity contribution is 0.0985. The molecule has 1 saturated carbocycles. The molecule has 0 amide bonds. The van der Waals surface area contributed by atoms with Gasteiger partial charge in [0.2, 0.25) is 0 Å². The molecule has 10 aromatic heterocycles. The van der Waals surface area contributed by atoms with Gasteiger partial charge in [0.25, 0.3) is 0 Å². The molecule has 722 valence electrons. The Morgan fingerprint density at radius 2 is 0.699 bits per heavy atom. The average Bonchev–Trinajstić information content (AvgIpc) is 0.843. The van der Waals surface area contributed by atoms with Gasteiger partial charge in [-0.2, -0.15) is 27.1 Å². The first-order valence-corrected chi connectivity index (χ1v) is 56.0. The number of hydrogen-bond donors (Lipinski definition) is 2. The number of nitrogens with zero attached hydrogens (tertiary/aromatic N) is 26. The number of nitriles is 1. The molecule has 0 bridgehead atoms. The van der Waals surface area contributed by atoms with Crippen molar-refractivity contribution < 1.29 is 44.7 Å². The maximum absolute atomic E-state index is 13.0. The second kappa shape index (κ2) is 43.3. The molecular formula is C93H120N28O10S5. The number of pyridine rings is 5. The highest BCUT2D eigenvalue weighted by molar-refractivity contribution is 7.94. The number of nitrogens with two attached hydrogens (primary N) is 2. The van der Waals surface area contributed by atoms with E-state index in [0.29, 0.717) is 171 Å². The van der Waals surface area contributed by atoms with Gasteiger partial charge in [-0.05, 0) is 117 Å². The van der Waals surface area contributed by atoms with Crippen LogP contribution in [-0.4, -0.2) is 286 Å². The standard InChI is InChI=1S/C21H25N5O2S.C20H25N5O2S.C18H22N6O2S.2C17H24N6O2S/c1-14-13-28-11-10-26(14)20-12-19(25-29(2,27)15-6-7-15)23-21(24-20)17-8-9-22-18-5-3-4-16(17)18;1-4-28(3,26)24-18-12-19(25-10-11-27-13-14(25)2)23-20(22-18)16-8-9-21-17-7-5-6-15(16)17;1-12-7-14(8-15(10-19)20-12)18-21-16(23-27(3,4)25)9-17(22-18)24-5-6-26-11-13(24)2;2*1-11-7-13(8-14(18)19-11)17-20-15(22-26(3,4)24)9-16(21-17)23-5-6-25-10-12(23)2/h3-4,8-9,12,14-15H,5-7,10-11,13H2,1-2H3;5-6,8-9,12,14H,4,7,10-11,13H2,1-3H3;7-9,13H,5-6,11H2,1-4H3;2*7-9,12H,5-6,10H2,1-4H3,(H2,18,19)/t14-,29?;14-,28?;13-;2*12-/m11111/s1. The Morgan fingerprint density at radius 1 is 0.397 bits per heavy atom. The highest BCUT2D eigenvalue weighted by Gasteiger charge is 2.33. The van der Waals surface area contributed by atoms with Crippen LogP contribution in [0.5, 0.6) is 0 Å². The zero-order valence-corrected chi connectivity index (χ0v) is 84.1. The van der Waals surface area contributed by atoms with E-state index < -0.39 is 48.6 Å². The van der Waals surface area contributed by atoms with Gasteiger partial charge in [0.1, 0.15) is 52.5 Å². The number of aryl methyl sites for hydroxylation is 3. The molecule has 2 unspecified atom stereocenters. The molecule has 7 atom stereocenters. The lowest BCUT2D eigenvalue weighted by atomic mass is 10.1. The average molecular weight is 1950 g/mol. The van der Waals surface area contributed by atoms with Crippen molar-refractivity contribution in [1.82, 2.24) is 74.8 Å². The number of aromatic nitrogens is 15. The van der Waals surface area contributed by atoms with E-state index >= 15 is 0 Å². The molecule has 18 rings (SSSR count). The second-order valence-electron chi connectivity index (χ2n) is 35.4. The van der Waals surface area contributed by atoms with E-state index in [1.54, 1.807) is 98.8 Å². The molecule has 3 aliphatic carbocycles. The van der Waals surface area contributed by atoms with E-state index in [4.69, 9.17) is 65.1 Å². The summed E-state index contributed by atoms with van der Waals surface area (Å²) in [5, 5.41) is 9.38. The molecule has 43 heteroatoms. The molecule has 8 aliphatic rings. The summed E-state index contributed by atoms with van der Waals surface area (Å²) in [4.78, 5) is 79.0. The summed E-state index contributed by atoms with van der Waals surface area (Å²) >= 11 is 0. The molecule has 0 spiro atoms. The molecule has 136 heavy (non-hydrogen) atoms. The quantitative estimate of drug-likeness (QED) is 0.0855. The van der Waals surface area contributed by atoms with Crippen molar-refractivity contribution in [1.29, 1.82) is 5.26 Å². The number of allylic oxidation sites excluding steroid dienone is 2. The summed E-state index contributed by atoms with van der Waals surface area (Å²) in [6.07, 6.45) is 28.4. The van der Waals surface area contributed by atoms with Gasteiger partial charge in [0.15, 0.2) is 58.2 Å².